The lowest BCUT2D eigenvalue weighted by Crippen LogP contribution is -2.48. The lowest BCUT2D eigenvalue weighted by Gasteiger charge is -2.34. The second kappa shape index (κ2) is 7.23. The van der Waals surface area contributed by atoms with E-state index in [9.17, 15) is 12.8 Å². The Labute approximate surface area is 148 Å². The third-order valence-corrected chi connectivity index (χ3v) is 6.52. The van der Waals surface area contributed by atoms with Gasteiger partial charge < -0.3 is 0 Å². The number of nitrogens with zero attached hydrogens (tertiary/aromatic N) is 2. The van der Waals surface area contributed by atoms with Gasteiger partial charge in [0.2, 0.25) is 10.0 Å². The van der Waals surface area contributed by atoms with Gasteiger partial charge in [-0.05, 0) is 43.2 Å². The number of benzene rings is 2. The van der Waals surface area contributed by atoms with Gasteiger partial charge in [-0.2, -0.15) is 4.31 Å². The summed E-state index contributed by atoms with van der Waals surface area (Å²) in [5.74, 6) is -0.387. The predicted molar refractivity (Wildman–Crippen MR) is 96.4 cm³/mol. The van der Waals surface area contributed by atoms with E-state index in [1.165, 1.54) is 33.6 Å². The summed E-state index contributed by atoms with van der Waals surface area (Å²) in [4.78, 5) is 2.42. The van der Waals surface area contributed by atoms with Crippen molar-refractivity contribution in [3.05, 3.63) is 65.0 Å². The van der Waals surface area contributed by atoms with Crippen molar-refractivity contribution in [3.63, 3.8) is 0 Å². The molecule has 2 aromatic rings. The third-order valence-electron chi connectivity index (χ3n) is 4.63. The third kappa shape index (κ3) is 4.08. The molecule has 0 atom stereocenters. The number of piperazine rings is 1. The molecule has 1 heterocycles. The van der Waals surface area contributed by atoms with Crippen LogP contribution in [-0.2, 0) is 16.6 Å². The Hall–Kier alpha value is -1.76. The fourth-order valence-electron chi connectivity index (χ4n) is 3.01. The van der Waals surface area contributed by atoms with Gasteiger partial charge in [0.05, 0.1) is 4.90 Å². The average Bonchev–Trinajstić information content (AvgIpc) is 2.60. The van der Waals surface area contributed by atoms with E-state index in [1.807, 2.05) is 0 Å². The predicted octanol–water partition coefficient (Wildman–Crippen LogP) is 2.95. The maximum atomic E-state index is 13.4. The largest absolute Gasteiger partial charge is 0.296 e. The Bertz CT molecular complexity index is 842. The van der Waals surface area contributed by atoms with Gasteiger partial charge in [-0.25, -0.2) is 12.8 Å². The molecule has 0 radical (unpaired) electrons. The molecule has 1 aliphatic rings. The van der Waals surface area contributed by atoms with Crippen LogP contribution in [0.1, 0.15) is 16.7 Å². The van der Waals surface area contributed by atoms with E-state index in [4.69, 9.17) is 0 Å². The highest BCUT2D eigenvalue weighted by Crippen LogP contribution is 2.20. The molecule has 0 aliphatic carbocycles. The van der Waals surface area contributed by atoms with E-state index in [1.54, 1.807) is 6.92 Å². The summed E-state index contributed by atoms with van der Waals surface area (Å²) in [6.07, 6.45) is 0. The van der Waals surface area contributed by atoms with E-state index >= 15 is 0 Å². The summed E-state index contributed by atoms with van der Waals surface area (Å²) < 4.78 is 40.4. The SMILES string of the molecule is Cc1ccc(CN2CCN(S(=O)(=O)c3ccc(F)c(C)c3)CC2)cc1. The van der Waals surface area contributed by atoms with Crippen LogP contribution in [0.2, 0.25) is 0 Å². The number of halogens is 1. The minimum absolute atomic E-state index is 0.165. The zero-order valence-electron chi connectivity index (χ0n) is 14.6. The summed E-state index contributed by atoms with van der Waals surface area (Å²) in [6.45, 7) is 6.73. The Morgan fingerprint density at radius 3 is 2.20 bits per heavy atom. The van der Waals surface area contributed by atoms with Crippen molar-refractivity contribution in [2.75, 3.05) is 26.2 Å². The van der Waals surface area contributed by atoms with Gasteiger partial charge in [0, 0.05) is 32.7 Å². The van der Waals surface area contributed by atoms with Crippen LogP contribution >= 0.6 is 0 Å². The topological polar surface area (TPSA) is 40.6 Å². The molecule has 25 heavy (non-hydrogen) atoms. The highest BCUT2D eigenvalue weighted by atomic mass is 32.2. The molecule has 1 fully saturated rings. The summed E-state index contributed by atoms with van der Waals surface area (Å²) >= 11 is 0. The van der Waals surface area contributed by atoms with E-state index in [0.29, 0.717) is 31.7 Å². The van der Waals surface area contributed by atoms with Gasteiger partial charge in [0.25, 0.3) is 0 Å². The fraction of sp³-hybridized carbons (Fsp3) is 0.368. The van der Waals surface area contributed by atoms with Crippen molar-refractivity contribution in [2.45, 2.75) is 25.3 Å². The van der Waals surface area contributed by atoms with Crippen molar-refractivity contribution in [1.29, 1.82) is 0 Å². The first-order chi connectivity index (χ1) is 11.9. The first kappa shape index (κ1) is 18.0. The first-order valence-corrected chi connectivity index (χ1v) is 9.84. The minimum Gasteiger partial charge on any atom is -0.296 e. The molecule has 0 amide bonds. The molecule has 1 saturated heterocycles. The molecule has 2 aromatic carbocycles. The normalized spacial score (nSPS) is 16.9. The number of aryl methyl sites for hydroxylation is 2. The van der Waals surface area contributed by atoms with Crippen LogP contribution < -0.4 is 0 Å². The molecule has 0 unspecified atom stereocenters. The van der Waals surface area contributed by atoms with Gasteiger partial charge in [0.15, 0.2) is 0 Å². The Morgan fingerprint density at radius 2 is 1.60 bits per heavy atom. The highest BCUT2D eigenvalue weighted by molar-refractivity contribution is 7.89. The second-order valence-corrected chi connectivity index (χ2v) is 8.51. The maximum absolute atomic E-state index is 13.4. The molecule has 1 aliphatic heterocycles. The first-order valence-electron chi connectivity index (χ1n) is 8.40. The van der Waals surface area contributed by atoms with Crippen molar-refractivity contribution in [2.24, 2.45) is 0 Å². The highest BCUT2D eigenvalue weighted by Gasteiger charge is 2.28. The lowest BCUT2D eigenvalue weighted by atomic mass is 10.1. The smallest absolute Gasteiger partial charge is 0.243 e. The molecule has 0 aromatic heterocycles. The number of hydrogen-bond acceptors (Lipinski definition) is 3. The molecule has 0 N–H and O–H groups in total. The quantitative estimate of drug-likeness (QED) is 0.840. The van der Waals surface area contributed by atoms with Crippen LogP contribution in [0.3, 0.4) is 0 Å². The zero-order valence-corrected chi connectivity index (χ0v) is 15.4. The van der Waals surface area contributed by atoms with E-state index in [0.717, 1.165) is 6.54 Å². The molecule has 0 bridgehead atoms. The summed E-state index contributed by atoms with van der Waals surface area (Å²) in [5, 5.41) is 0. The Kier molecular flexibility index (Phi) is 5.22. The van der Waals surface area contributed by atoms with E-state index in [-0.39, 0.29) is 10.7 Å². The molecule has 0 saturated carbocycles. The lowest BCUT2D eigenvalue weighted by molar-refractivity contribution is 0.181. The van der Waals surface area contributed by atoms with Crippen LogP contribution in [0.25, 0.3) is 0 Å². The van der Waals surface area contributed by atoms with Crippen molar-refractivity contribution >= 4 is 10.0 Å². The monoisotopic (exact) mass is 362 g/mol. The van der Waals surface area contributed by atoms with Crippen LogP contribution in [-0.4, -0.2) is 43.8 Å². The molecule has 134 valence electrons. The number of hydrogen-bond donors (Lipinski definition) is 0. The number of sulfonamides is 1. The maximum Gasteiger partial charge on any atom is 0.243 e. The summed E-state index contributed by atoms with van der Waals surface area (Å²) in [6, 6.07) is 12.4. The zero-order chi connectivity index (χ0) is 18.0. The molecule has 0 spiro atoms. The van der Waals surface area contributed by atoms with Crippen LogP contribution in [0, 0.1) is 19.7 Å². The van der Waals surface area contributed by atoms with Crippen LogP contribution in [0.15, 0.2) is 47.4 Å². The van der Waals surface area contributed by atoms with Crippen LogP contribution in [0.4, 0.5) is 4.39 Å². The van der Waals surface area contributed by atoms with Gasteiger partial charge in [-0.3, -0.25) is 4.90 Å². The van der Waals surface area contributed by atoms with Crippen molar-refractivity contribution in [3.8, 4) is 0 Å². The molecule has 3 rings (SSSR count). The molecule has 6 heteroatoms. The Morgan fingerprint density at radius 1 is 0.960 bits per heavy atom. The molecular formula is C19H23FN2O2S. The van der Waals surface area contributed by atoms with Gasteiger partial charge >= 0.3 is 0 Å². The standard InChI is InChI=1S/C19H23FN2O2S/c1-15-3-5-17(6-4-15)14-21-9-11-22(12-10-21)25(23,24)18-7-8-19(20)16(2)13-18/h3-8,13H,9-12,14H2,1-2H3. The second-order valence-electron chi connectivity index (χ2n) is 6.58. The van der Waals surface area contributed by atoms with Crippen molar-refractivity contribution in [1.82, 2.24) is 9.21 Å². The molecular weight excluding hydrogens is 339 g/mol. The van der Waals surface area contributed by atoms with Gasteiger partial charge in [0.1, 0.15) is 5.82 Å². The van der Waals surface area contributed by atoms with Crippen LogP contribution in [0.5, 0.6) is 0 Å². The Balaban J connectivity index is 1.64. The van der Waals surface area contributed by atoms with Gasteiger partial charge in [-0.1, -0.05) is 29.8 Å². The fourth-order valence-corrected chi connectivity index (χ4v) is 4.51. The van der Waals surface area contributed by atoms with E-state index in [2.05, 4.69) is 36.1 Å². The summed E-state index contributed by atoms with van der Waals surface area (Å²) in [7, 11) is -3.56. The average molecular weight is 362 g/mol. The van der Waals surface area contributed by atoms with E-state index < -0.39 is 10.0 Å². The molecule has 4 nitrogen and oxygen atoms in total. The number of rotatable bonds is 4. The van der Waals surface area contributed by atoms with Gasteiger partial charge in [-0.15, -0.1) is 0 Å². The van der Waals surface area contributed by atoms with Crippen molar-refractivity contribution < 1.29 is 12.8 Å². The summed E-state index contributed by atoms with van der Waals surface area (Å²) in [5.41, 5.74) is 2.81. The minimum atomic E-state index is -3.56.